The largest absolute Gasteiger partial charge is 0.475 e. The molecule has 0 atom stereocenters. The maximum Gasteiger partial charge on any atom is 0.372 e. The molecule has 0 aliphatic rings. The van der Waals surface area contributed by atoms with Crippen LogP contribution in [0, 0.1) is 0 Å². The van der Waals surface area contributed by atoms with E-state index < -0.39 is 5.97 Å². The molecule has 1 heterocycles. The Hall–Kier alpha value is -1.74. The van der Waals surface area contributed by atoms with Gasteiger partial charge in [-0.1, -0.05) is 29.8 Å². The molecule has 0 saturated carbocycles. The number of benzene rings is 1. The molecule has 1 aromatic heterocycles. The summed E-state index contributed by atoms with van der Waals surface area (Å²) >= 11 is 5.96. The molecular formula is C11H7ClO3. The SMILES string of the molecule is O=C(O)c1occc1-c1ccccc1Cl. The number of hydrogen-bond donors (Lipinski definition) is 1. The number of halogens is 1. The van der Waals surface area contributed by atoms with Crippen molar-refractivity contribution in [1.29, 1.82) is 0 Å². The van der Waals surface area contributed by atoms with E-state index in [0.29, 0.717) is 16.1 Å². The molecule has 3 nitrogen and oxygen atoms in total. The minimum Gasteiger partial charge on any atom is -0.475 e. The third-order valence-electron chi connectivity index (χ3n) is 2.02. The fourth-order valence-electron chi connectivity index (χ4n) is 1.37. The summed E-state index contributed by atoms with van der Waals surface area (Å²) < 4.78 is 4.88. The molecule has 0 spiro atoms. The van der Waals surface area contributed by atoms with E-state index in [9.17, 15) is 4.79 Å². The quantitative estimate of drug-likeness (QED) is 0.848. The fourth-order valence-corrected chi connectivity index (χ4v) is 1.60. The fraction of sp³-hybridized carbons (Fsp3) is 0. The second kappa shape index (κ2) is 3.79. The molecular weight excluding hydrogens is 216 g/mol. The number of furan rings is 1. The Bertz CT molecular complexity index is 502. The van der Waals surface area contributed by atoms with Gasteiger partial charge in [-0.3, -0.25) is 0 Å². The Kier molecular flexibility index (Phi) is 2.47. The van der Waals surface area contributed by atoms with E-state index in [1.54, 1.807) is 30.3 Å². The van der Waals surface area contributed by atoms with Crippen molar-refractivity contribution in [3.05, 3.63) is 47.4 Å². The lowest BCUT2D eigenvalue weighted by Crippen LogP contribution is -1.95. The van der Waals surface area contributed by atoms with Crippen LogP contribution in [0.5, 0.6) is 0 Å². The summed E-state index contributed by atoms with van der Waals surface area (Å²) in [5.74, 6) is -1.20. The Morgan fingerprint density at radius 1 is 1.20 bits per heavy atom. The molecule has 1 aromatic carbocycles. The maximum atomic E-state index is 10.8. The highest BCUT2D eigenvalue weighted by atomic mass is 35.5. The maximum absolute atomic E-state index is 10.8. The van der Waals surface area contributed by atoms with E-state index in [2.05, 4.69) is 0 Å². The predicted molar refractivity (Wildman–Crippen MR) is 56.1 cm³/mol. The van der Waals surface area contributed by atoms with Crippen molar-refractivity contribution in [3.63, 3.8) is 0 Å². The average Bonchev–Trinajstić information content (AvgIpc) is 2.67. The van der Waals surface area contributed by atoms with E-state index >= 15 is 0 Å². The summed E-state index contributed by atoms with van der Waals surface area (Å²) in [5.41, 5.74) is 1.15. The Balaban J connectivity index is 2.59. The van der Waals surface area contributed by atoms with Crippen molar-refractivity contribution in [2.45, 2.75) is 0 Å². The van der Waals surface area contributed by atoms with Crippen LogP contribution >= 0.6 is 11.6 Å². The lowest BCUT2D eigenvalue weighted by molar-refractivity contribution is 0.0663. The van der Waals surface area contributed by atoms with Gasteiger partial charge >= 0.3 is 5.97 Å². The average molecular weight is 223 g/mol. The lowest BCUT2D eigenvalue weighted by atomic mass is 10.1. The van der Waals surface area contributed by atoms with Gasteiger partial charge < -0.3 is 9.52 Å². The van der Waals surface area contributed by atoms with Gasteiger partial charge in [0.2, 0.25) is 5.76 Å². The molecule has 0 amide bonds. The van der Waals surface area contributed by atoms with Crippen LogP contribution in [0.2, 0.25) is 5.02 Å². The van der Waals surface area contributed by atoms with E-state index in [1.807, 2.05) is 0 Å². The van der Waals surface area contributed by atoms with Crippen LogP contribution in [0.3, 0.4) is 0 Å². The molecule has 4 heteroatoms. The highest BCUT2D eigenvalue weighted by Gasteiger charge is 2.16. The van der Waals surface area contributed by atoms with Crippen molar-refractivity contribution in [2.24, 2.45) is 0 Å². The van der Waals surface area contributed by atoms with E-state index in [1.165, 1.54) is 6.26 Å². The van der Waals surface area contributed by atoms with Gasteiger partial charge in [0.15, 0.2) is 0 Å². The zero-order valence-corrected chi connectivity index (χ0v) is 8.36. The number of aromatic carboxylic acids is 1. The van der Waals surface area contributed by atoms with Crippen LogP contribution in [0.1, 0.15) is 10.6 Å². The first kappa shape index (κ1) is 9.80. The first-order valence-corrected chi connectivity index (χ1v) is 4.63. The first-order chi connectivity index (χ1) is 7.20. The van der Waals surface area contributed by atoms with Crippen LogP contribution in [-0.2, 0) is 0 Å². The second-order valence-corrected chi connectivity index (χ2v) is 3.36. The molecule has 1 N–H and O–H groups in total. The Labute approximate surface area is 90.9 Å². The minimum absolute atomic E-state index is 0.0944. The normalized spacial score (nSPS) is 10.2. The van der Waals surface area contributed by atoms with E-state index in [0.717, 1.165) is 0 Å². The van der Waals surface area contributed by atoms with Gasteiger partial charge in [-0.25, -0.2) is 4.79 Å². The summed E-state index contributed by atoms with van der Waals surface area (Å²) in [4.78, 5) is 10.8. The van der Waals surface area contributed by atoms with Gasteiger partial charge in [-0.15, -0.1) is 0 Å². The molecule has 76 valence electrons. The van der Waals surface area contributed by atoms with Crippen LogP contribution < -0.4 is 0 Å². The van der Waals surface area contributed by atoms with E-state index in [-0.39, 0.29) is 5.76 Å². The monoisotopic (exact) mass is 222 g/mol. The minimum atomic E-state index is -1.10. The summed E-state index contributed by atoms with van der Waals surface area (Å²) in [6, 6.07) is 8.62. The molecule has 0 aliphatic carbocycles. The third kappa shape index (κ3) is 1.74. The Morgan fingerprint density at radius 2 is 1.93 bits per heavy atom. The number of rotatable bonds is 2. The summed E-state index contributed by atoms with van der Waals surface area (Å²) in [6.45, 7) is 0. The van der Waals surface area contributed by atoms with Crippen LogP contribution in [0.25, 0.3) is 11.1 Å². The molecule has 0 bridgehead atoms. The summed E-state index contributed by atoms with van der Waals surface area (Å²) in [7, 11) is 0. The van der Waals surface area contributed by atoms with Crippen LogP contribution in [0.15, 0.2) is 41.0 Å². The van der Waals surface area contributed by atoms with Crippen molar-refractivity contribution in [2.75, 3.05) is 0 Å². The molecule has 0 saturated heterocycles. The number of carboxylic acid groups (broad SMARTS) is 1. The van der Waals surface area contributed by atoms with Gasteiger partial charge in [0, 0.05) is 16.1 Å². The molecule has 0 radical (unpaired) electrons. The number of hydrogen-bond acceptors (Lipinski definition) is 2. The standard InChI is InChI=1S/C11H7ClO3/c12-9-4-2-1-3-7(9)8-5-6-15-10(8)11(13)14/h1-6H,(H,13,14). The predicted octanol–water partition coefficient (Wildman–Crippen LogP) is 3.30. The highest BCUT2D eigenvalue weighted by Crippen LogP contribution is 2.30. The second-order valence-electron chi connectivity index (χ2n) is 2.95. The van der Waals surface area contributed by atoms with Gasteiger partial charge in [0.1, 0.15) is 0 Å². The number of carbonyl (C=O) groups is 1. The molecule has 0 aliphatic heterocycles. The Morgan fingerprint density at radius 3 is 2.60 bits per heavy atom. The van der Waals surface area contributed by atoms with Crippen molar-refractivity contribution in [3.8, 4) is 11.1 Å². The zero-order valence-electron chi connectivity index (χ0n) is 7.61. The van der Waals surface area contributed by atoms with Crippen molar-refractivity contribution in [1.82, 2.24) is 0 Å². The van der Waals surface area contributed by atoms with Crippen molar-refractivity contribution >= 4 is 17.6 Å². The smallest absolute Gasteiger partial charge is 0.372 e. The third-order valence-corrected chi connectivity index (χ3v) is 2.35. The topological polar surface area (TPSA) is 50.4 Å². The molecule has 0 unspecified atom stereocenters. The van der Waals surface area contributed by atoms with Gasteiger partial charge in [0.25, 0.3) is 0 Å². The summed E-state index contributed by atoms with van der Waals surface area (Å²) in [6.07, 6.45) is 1.34. The van der Waals surface area contributed by atoms with Gasteiger partial charge in [-0.2, -0.15) is 0 Å². The molecule has 15 heavy (non-hydrogen) atoms. The molecule has 0 fully saturated rings. The summed E-state index contributed by atoms with van der Waals surface area (Å²) in [5, 5.41) is 9.37. The van der Waals surface area contributed by atoms with Crippen LogP contribution in [0.4, 0.5) is 0 Å². The molecule has 2 aromatic rings. The number of carboxylic acids is 1. The van der Waals surface area contributed by atoms with E-state index in [4.69, 9.17) is 21.1 Å². The highest BCUT2D eigenvalue weighted by molar-refractivity contribution is 6.33. The molecule has 2 rings (SSSR count). The van der Waals surface area contributed by atoms with Crippen LogP contribution in [-0.4, -0.2) is 11.1 Å². The van der Waals surface area contributed by atoms with Crippen molar-refractivity contribution < 1.29 is 14.3 Å². The van der Waals surface area contributed by atoms with Gasteiger partial charge in [-0.05, 0) is 12.1 Å². The lowest BCUT2D eigenvalue weighted by Gasteiger charge is -2.01. The zero-order chi connectivity index (χ0) is 10.8. The van der Waals surface area contributed by atoms with Gasteiger partial charge in [0.05, 0.1) is 6.26 Å². The first-order valence-electron chi connectivity index (χ1n) is 4.26.